The maximum Gasteiger partial charge on any atom is 0.264 e. The van der Waals surface area contributed by atoms with Gasteiger partial charge in [-0.25, -0.2) is 8.42 Å². The van der Waals surface area contributed by atoms with Crippen LogP contribution in [0.25, 0.3) is 10.9 Å². The second kappa shape index (κ2) is 9.42. The molecule has 1 amide bonds. The smallest absolute Gasteiger partial charge is 0.264 e. The van der Waals surface area contributed by atoms with Crippen LogP contribution in [-0.2, 0) is 14.8 Å². The summed E-state index contributed by atoms with van der Waals surface area (Å²) in [4.78, 5) is 17.9. The molecule has 0 aliphatic carbocycles. The lowest BCUT2D eigenvalue weighted by molar-refractivity contribution is -0.113. The van der Waals surface area contributed by atoms with Gasteiger partial charge in [0.05, 0.1) is 21.9 Å². The number of carbonyl (C=O) groups is 1. The fraction of sp³-hybridized carbons (Fsp3) is 0.0833. The number of pyridine rings is 1. The lowest BCUT2D eigenvalue weighted by Crippen LogP contribution is -2.26. The van der Waals surface area contributed by atoms with Gasteiger partial charge in [0.15, 0.2) is 0 Å². The second-order valence-corrected chi connectivity index (χ2v) is 9.99. The Morgan fingerprint density at radius 3 is 2.53 bits per heavy atom. The molecule has 4 rings (SSSR count). The predicted molar refractivity (Wildman–Crippen MR) is 130 cm³/mol. The van der Waals surface area contributed by atoms with Crippen LogP contribution in [0.4, 0.5) is 11.4 Å². The standard InChI is InChI=1S/C24H21N3O3S2/c1-27(19-9-3-2-4-10-19)32(29,30)20-11-7-8-18(16-20)26-24(28)17-31-23-14-15-25-22-13-6-5-12-21(22)23/h2-16H,17H2,1H3,(H,26,28). The van der Waals surface area contributed by atoms with Crippen LogP contribution in [0.5, 0.6) is 0 Å². The molecule has 1 heterocycles. The molecule has 0 spiro atoms. The number of aromatic nitrogens is 1. The normalized spacial score (nSPS) is 11.3. The summed E-state index contributed by atoms with van der Waals surface area (Å²) in [5.74, 6) is -0.0311. The van der Waals surface area contributed by atoms with Crippen molar-refractivity contribution in [1.82, 2.24) is 4.98 Å². The van der Waals surface area contributed by atoms with E-state index in [-0.39, 0.29) is 16.6 Å². The molecule has 8 heteroatoms. The van der Waals surface area contributed by atoms with Gasteiger partial charge in [-0.1, -0.05) is 42.5 Å². The van der Waals surface area contributed by atoms with Crippen molar-refractivity contribution >= 4 is 50.0 Å². The van der Waals surface area contributed by atoms with Crippen molar-refractivity contribution < 1.29 is 13.2 Å². The second-order valence-electron chi connectivity index (χ2n) is 7.00. The topological polar surface area (TPSA) is 79.4 Å². The molecule has 0 bridgehead atoms. The predicted octanol–water partition coefficient (Wildman–Crippen LogP) is 4.79. The Labute approximate surface area is 191 Å². The molecule has 1 N–H and O–H groups in total. The van der Waals surface area contributed by atoms with Gasteiger partial charge in [-0.15, -0.1) is 11.8 Å². The number of sulfonamides is 1. The number of fused-ring (bicyclic) bond motifs is 1. The zero-order valence-corrected chi connectivity index (χ0v) is 18.9. The van der Waals surface area contributed by atoms with E-state index < -0.39 is 10.0 Å². The van der Waals surface area contributed by atoms with Crippen LogP contribution in [0.3, 0.4) is 0 Å². The van der Waals surface area contributed by atoms with E-state index >= 15 is 0 Å². The first-order chi connectivity index (χ1) is 15.4. The first kappa shape index (κ1) is 21.9. The molecule has 0 saturated carbocycles. The van der Waals surface area contributed by atoms with E-state index in [1.54, 1.807) is 42.6 Å². The fourth-order valence-electron chi connectivity index (χ4n) is 3.20. The van der Waals surface area contributed by atoms with Crippen molar-refractivity contribution in [3.05, 3.63) is 91.1 Å². The number of thioether (sulfide) groups is 1. The van der Waals surface area contributed by atoms with Crippen LogP contribution >= 0.6 is 11.8 Å². The van der Waals surface area contributed by atoms with Gasteiger partial charge in [0.2, 0.25) is 5.91 Å². The summed E-state index contributed by atoms with van der Waals surface area (Å²) in [5.41, 5.74) is 1.86. The van der Waals surface area contributed by atoms with Crippen molar-refractivity contribution in [2.45, 2.75) is 9.79 Å². The summed E-state index contributed by atoms with van der Waals surface area (Å²) in [7, 11) is -2.25. The number of anilines is 2. The highest BCUT2D eigenvalue weighted by Gasteiger charge is 2.21. The minimum atomic E-state index is -3.76. The highest BCUT2D eigenvalue weighted by molar-refractivity contribution is 8.00. The largest absolute Gasteiger partial charge is 0.325 e. The highest BCUT2D eigenvalue weighted by Crippen LogP contribution is 2.27. The lowest BCUT2D eigenvalue weighted by Gasteiger charge is -2.19. The molecule has 162 valence electrons. The summed E-state index contributed by atoms with van der Waals surface area (Å²) in [6.07, 6.45) is 1.72. The van der Waals surface area contributed by atoms with Gasteiger partial charge in [-0.05, 0) is 42.5 Å². The van der Waals surface area contributed by atoms with Crippen molar-refractivity contribution in [3.63, 3.8) is 0 Å². The molecule has 0 unspecified atom stereocenters. The minimum absolute atomic E-state index is 0.106. The molecule has 0 aliphatic heterocycles. The summed E-state index contributed by atoms with van der Waals surface area (Å²) in [6.45, 7) is 0. The van der Waals surface area contributed by atoms with Crippen molar-refractivity contribution in [3.8, 4) is 0 Å². The zero-order valence-electron chi connectivity index (χ0n) is 17.3. The lowest BCUT2D eigenvalue weighted by atomic mass is 10.2. The first-order valence-corrected chi connectivity index (χ1v) is 12.3. The van der Waals surface area contributed by atoms with Crippen LogP contribution in [-0.4, -0.2) is 32.1 Å². The SMILES string of the molecule is CN(c1ccccc1)S(=O)(=O)c1cccc(NC(=O)CSc2ccnc3ccccc23)c1. The monoisotopic (exact) mass is 463 g/mol. The number of benzene rings is 3. The van der Waals surface area contributed by atoms with E-state index in [0.29, 0.717) is 11.4 Å². The minimum Gasteiger partial charge on any atom is -0.325 e. The molecular weight excluding hydrogens is 442 g/mol. The number of amides is 1. The van der Waals surface area contributed by atoms with E-state index in [4.69, 9.17) is 0 Å². The number of rotatable bonds is 7. The molecule has 32 heavy (non-hydrogen) atoms. The Morgan fingerprint density at radius 2 is 1.72 bits per heavy atom. The van der Waals surface area contributed by atoms with Crippen LogP contribution in [0, 0.1) is 0 Å². The first-order valence-electron chi connectivity index (χ1n) is 9.85. The Kier molecular flexibility index (Phi) is 6.43. The van der Waals surface area contributed by atoms with Crippen LogP contribution in [0.2, 0.25) is 0 Å². The molecule has 6 nitrogen and oxygen atoms in total. The van der Waals surface area contributed by atoms with Gasteiger partial charge in [0, 0.05) is 29.2 Å². The number of nitrogens with zero attached hydrogens (tertiary/aromatic N) is 2. The number of hydrogen-bond donors (Lipinski definition) is 1. The van der Waals surface area contributed by atoms with Crippen molar-refractivity contribution in [1.29, 1.82) is 0 Å². The molecule has 1 aromatic heterocycles. The maximum absolute atomic E-state index is 13.0. The van der Waals surface area contributed by atoms with E-state index in [0.717, 1.165) is 15.8 Å². The van der Waals surface area contributed by atoms with Crippen molar-refractivity contribution in [2.75, 3.05) is 22.4 Å². The molecule has 0 radical (unpaired) electrons. The van der Waals surface area contributed by atoms with E-state index in [2.05, 4.69) is 10.3 Å². The molecule has 0 atom stereocenters. The Balaban J connectivity index is 1.46. The Morgan fingerprint density at radius 1 is 0.969 bits per heavy atom. The number of nitrogens with one attached hydrogen (secondary N) is 1. The summed E-state index contributed by atoms with van der Waals surface area (Å²) in [6, 6.07) is 24.8. The number of para-hydroxylation sites is 2. The van der Waals surface area contributed by atoms with Crippen LogP contribution < -0.4 is 9.62 Å². The average Bonchev–Trinajstić information content (AvgIpc) is 2.83. The van der Waals surface area contributed by atoms with Gasteiger partial charge in [-0.2, -0.15) is 0 Å². The van der Waals surface area contributed by atoms with Gasteiger partial charge < -0.3 is 5.32 Å². The van der Waals surface area contributed by atoms with E-state index in [9.17, 15) is 13.2 Å². The summed E-state index contributed by atoms with van der Waals surface area (Å²) in [5, 5.41) is 3.78. The summed E-state index contributed by atoms with van der Waals surface area (Å²) < 4.78 is 27.2. The maximum atomic E-state index is 13.0. The molecule has 4 aromatic rings. The van der Waals surface area contributed by atoms with Gasteiger partial charge in [0.25, 0.3) is 10.0 Å². The molecular formula is C24H21N3O3S2. The van der Waals surface area contributed by atoms with Crippen molar-refractivity contribution in [2.24, 2.45) is 0 Å². The van der Waals surface area contributed by atoms with Gasteiger partial charge in [-0.3, -0.25) is 14.1 Å². The number of carbonyl (C=O) groups excluding carboxylic acids is 1. The van der Waals surface area contributed by atoms with E-state index in [1.165, 1.54) is 35.2 Å². The van der Waals surface area contributed by atoms with Gasteiger partial charge in [0.1, 0.15) is 0 Å². The third kappa shape index (κ3) is 4.76. The third-order valence-corrected chi connectivity index (χ3v) is 7.72. The van der Waals surface area contributed by atoms with E-state index in [1.807, 2.05) is 36.4 Å². The fourth-order valence-corrected chi connectivity index (χ4v) is 5.29. The van der Waals surface area contributed by atoms with Crippen LogP contribution in [0.15, 0.2) is 101 Å². The molecule has 3 aromatic carbocycles. The number of hydrogen-bond acceptors (Lipinski definition) is 5. The quantitative estimate of drug-likeness (QED) is 0.399. The summed E-state index contributed by atoms with van der Waals surface area (Å²) >= 11 is 1.41. The van der Waals surface area contributed by atoms with Gasteiger partial charge >= 0.3 is 0 Å². The molecule has 0 aliphatic rings. The average molecular weight is 464 g/mol. The Bertz CT molecular complexity index is 1350. The molecule has 0 saturated heterocycles. The zero-order chi connectivity index (χ0) is 22.6. The third-order valence-electron chi connectivity index (χ3n) is 4.86. The highest BCUT2D eigenvalue weighted by atomic mass is 32.2. The van der Waals surface area contributed by atoms with Crippen LogP contribution in [0.1, 0.15) is 0 Å². The Hall–Kier alpha value is -3.36. The molecule has 0 fully saturated rings.